The molecule has 1 rings (SSSR count). The molecule has 1 aromatic rings. The first kappa shape index (κ1) is 16.0. The van der Waals surface area contributed by atoms with Gasteiger partial charge >= 0.3 is 5.97 Å². The van der Waals surface area contributed by atoms with Crippen molar-refractivity contribution < 1.29 is 19.1 Å². The van der Waals surface area contributed by atoms with Crippen LogP contribution in [0.5, 0.6) is 5.75 Å². The van der Waals surface area contributed by atoms with Crippen LogP contribution >= 0.6 is 0 Å². The first-order valence-electron chi connectivity index (χ1n) is 6.52. The van der Waals surface area contributed by atoms with Crippen molar-refractivity contribution in [3.8, 4) is 5.75 Å². The van der Waals surface area contributed by atoms with Gasteiger partial charge in [0.05, 0.1) is 7.11 Å². The van der Waals surface area contributed by atoms with Gasteiger partial charge in [0.15, 0.2) is 6.04 Å². The molecule has 0 aliphatic rings. The summed E-state index contributed by atoms with van der Waals surface area (Å²) >= 11 is 0. The Balaban J connectivity index is 2.77. The predicted octanol–water partition coefficient (Wildman–Crippen LogP) is 1.87. The van der Waals surface area contributed by atoms with E-state index in [1.807, 2.05) is 24.3 Å². The molecule has 1 amide bonds. The van der Waals surface area contributed by atoms with Crippen molar-refractivity contribution in [2.45, 2.75) is 32.7 Å². The molecule has 20 heavy (non-hydrogen) atoms. The molecular weight excluding hydrogens is 258 g/mol. The van der Waals surface area contributed by atoms with Crippen LogP contribution in [-0.2, 0) is 14.3 Å². The van der Waals surface area contributed by atoms with E-state index in [0.29, 0.717) is 11.7 Å². The quantitative estimate of drug-likeness (QED) is 0.807. The average molecular weight is 279 g/mol. The third-order valence-electron chi connectivity index (χ3n) is 2.81. The molecule has 1 atom stereocenters. The van der Waals surface area contributed by atoms with Crippen LogP contribution < -0.4 is 10.1 Å². The fourth-order valence-electron chi connectivity index (χ4n) is 1.82. The van der Waals surface area contributed by atoms with E-state index in [0.717, 1.165) is 5.56 Å². The molecule has 0 radical (unpaired) electrons. The number of esters is 1. The van der Waals surface area contributed by atoms with Crippen LogP contribution in [0.25, 0.3) is 0 Å². The van der Waals surface area contributed by atoms with E-state index >= 15 is 0 Å². The number of benzene rings is 1. The summed E-state index contributed by atoms with van der Waals surface area (Å²) in [6.45, 7) is 5.51. The molecule has 0 aromatic heterocycles. The monoisotopic (exact) mass is 279 g/mol. The fourth-order valence-corrected chi connectivity index (χ4v) is 1.82. The van der Waals surface area contributed by atoms with Crippen molar-refractivity contribution >= 4 is 11.9 Å². The van der Waals surface area contributed by atoms with Gasteiger partial charge in [-0.3, -0.25) is 4.79 Å². The number of para-hydroxylation sites is 1. The third kappa shape index (κ3) is 4.57. The number of carbonyl (C=O) groups excluding carboxylic acids is 2. The lowest BCUT2D eigenvalue weighted by Crippen LogP contribution is -2.44. The molecule has 1 aromatic carbocycles. The minimum absolute atomic E-state index is 0.0377. The molecule has 5 nitrogen and oxygen atoms in total. The molecule has 1 N–H and O–H groups in total. The number of carbonyl (C=O) groups is 2. The van der Waals surface area contributed by atoms with Gasteiger partial charge in [-0.1, -0.05) is 32.0 Å². The molecule has 0 saturated heterocycles. The fraction of sp³-hybridized carbons (Fsp3) is 0.467. The second kappa shape index (κ2) is 7.53. The number of hydrogen-bond donors (Lipinski definition) is 1. The highest BCUT2D eigenvalue weighted by Gasteiger charge is 2.21. The molecule has 0 aliphatic carbocycles. The van der Waals surface area contributed by atoms with Gasteiger partial charge in [0.1, 0.15) is 12.4 Å². The van der Waals surface area contributed by atoms with E-state index in [4.69, 9.17) is 4.74 Å². The Morgan fingerprint density at radius 3 is 2.45 bits per heavy atom. The average Bonchev–Trinajstić information content (AvgIpc) is 2.42. The van der Waals surface area contributed by atoms with Crippen LogP contribution in [0.2, 0.25) is 0 Å². The molecular formula is C15H21NO4. The van der Waals surface area contributed by atoms with Crippen molar-refractivity contribution in [2.75, 3.05) is 13.7 Å². The number of ether oxygens (including phenoxy) is 2. The second-order valence-corrected chi connectivity index (χ2v) is 4.78. The van der Waals surface area contributed by atoms with Crippen LogP contribution in [-0.4, -0.2) is 31.6 Å². The molecule has 0 spiro atoms. The first-order chi connectivity index (χ1) is 9.45. The van der Waals surface area contributed by atoms with Gasteiger partial charge < -0.3 is 14.8 Å². The number of rotatable bonds is 6. The standard InChI is InChI=1S/C15H21NO4/c1-10(2)12-7-5-6-8-14(12)20-9-13(15(18)19-4)16-11(3)17/h5-8,10,13H,9H2,1-4H3,(H,16,17). The van der Waals surface area contributed by atoms with Crippen LogP contribution in [0.3, 0.4) is 0 Å². The Morgan fingerprint density at radius 1 is 1.25 bits per heavy atom. The zero-order valence-electron chi connectivity index (χ0n) is 12.3. The first-order valence-corrected chi connectivity index (χ1v) is 6.52. The van der Waals surface area contributed by atoms with Crippen molar-refractivity contribution in [3.63, 3.8) is 0 Å². The van der Waals surface area contributed by atoms with E-state index in [-0.39, 0.29) is 12.5 Å². The molecule has 0 saturated carbocycles. The minimum Gasteiger partial charge on any atom is -0.491 e. The highest BCUT2D eigenvalue weighted by atomic mass is 16.5. The summed E-state index contributed by atoms with van der Waals surface area (Å²) in [5.41, 5.74) is 1.05. The van der Waals surface area contributed by atoms with Crippen LogP contribution in [0.15, 0.2) is 24.3 Å². The zero-order valence-corrected chi connectivity index (χ0v) is 12.3. The Bertz CT molecular complexity index is 471. The maximum atomic E-state index is 11.6. The van der Waals surface area contributed by atoms with E-state index in [2.05, 4.69) is 23.9 Å². The van der Waals surface area contributed by atoms with Crippen molar-refractivity contribution in [3.05, 3.63) is 29.8 Å². The summed E-state index contributed by atoms with van der Waals surface area (Å²) < 4.78 is 10.3. The van der Waals surface area contributed by atoms with Gasteiger partial charge in [-0.2, -0.15) is 0 Å². The Labute approximate surface area is 119 Å². The Kier molecular flexibility index (Phi) is 6.03. The number of hydrogen-bond acceptors (Lipinski definition) is 4. The van der Waals surface area contributed by atoms with Gasteiger partial charge in [0.25, 0.3) is 0 Å². The molecule has 0 fully saturated rings. The molecule has 1 unspecified atom stereocenters. The summed E-state index contributed by atoms with van der Waals surface area (Å²) in [5, 5.41) is 2.51. The van der Waals surface area contributed by atoms with Crippen molar-refractivity contribution in [1.82, 2.24) is 5.32 Å². The second-order valence-electron chi connectivity index (χ2n) is 4.78. The summed E-state index contributed by atoms with van der Waals surface area (Å²) in [6.07, 6.45) is 0. The summed E-state index contributed by atoms with van der Waals surface area (Å²) in [6, 6.07) is 6.82. The normalized spacial score (nSPS) is 11.8. The van der Waals surface area contributed by atoms with E-state index in [1.165, 1.54) is 14.0 Å². The van der Waals surface area contributed by atoms with E-state index < -0.39 is 12.0 Å². The maximum Gasteiger partial charge on any atom is 0.331 e. The smallest absolute Gasteiger partial charge is 0.331 e. The lowest BCUT2D eigenvalue weighted by atomic mass is 10.0. The molecule has 0 bridgehead atoms. The van der Waals surface area contributed by atoms with Crippen LogP contribution in [0.4, 0.5) is 0 Å². The number of nitrogens with one attached hydrogen (secondary N) is 1. The van der Waals surface area contributed by atoms with E-state index in [9.17, 15) is 9.59 Å². The molecule has 0 heterocycles. The number of methoxy groups -OCH3 is 1. The molecule has 5 heteroatoms. The zero-order chi connectivity index (χ0) is 15.1. The van der Waals surface area contributed by atoms with Crippen LogP contribution in [0, 0.1) is 0 Å². The van der Waals surface area contributed by atoms with Gasteiger partial charge in [0, 0.05) is 6.92 Å². The molecule has 110 valence electrons. The van der Waals surface area contributed by atoms with Gasteiger partial charge in [-0.25, -0.2) is 4.79 Å². The predicted molar refractivity (Wildman–Crippen MR) is 75.6 cm³/mol. The van der Waals surface area contributed by atoms with Crippen molar-refractivity contribution in [2.24, 2.45) is 0 Å². The van der Waals surface area contributed by atoms with E-state index in [1.54, 1.807) is 0 Å². The van der Waals surface area contributed by atoms with Gasteiger partial charge in [-0.05, 0) is 17.5 Å². The van der Waals surface area contributed by atoms with Gasteiger partial charge in [-0.15, -0.1) is 0 Å². The summed E-state index contributed by atoms with van der Waals surface area (Å²) in [7, 11) is 1.28. The minimum atomic E-state index is -0.808. The topological polar surface area (TPSA) is 64.6 Å². The highest BCUT2D eigenvalue weighted by molar-refractivity contribution is 5.83. The highest BCUT2D eigenvalue weighted by Crippen LogP contribution is 2.25. The number of amides is 1. The maximum absolute atomic E-state index is 11.6. The van der Waals surface area contributed by atoms with Crippen LogP contribution in [0.1, 0.15) is 32.3 Å². The lowest BCUT2D eigenvalue weighted by molar-refractivity contribution is -0.145. The third-order valence-corrected chi connectivity index (χ3v) is 2.81. The summed E-state index contributed by atoms with van der Waals surface area (Å²) in [5.74, 6) is 0.189. The molecule has 0 aliphatic heterocycles. The SMILES string of the molecule is COC(=O)C(COc1ccccc1C(C)C)NC(C)=O. The Hall–Kier alpha value is -2.04. The van der Waals surface area contributed by atoms with Crippen molar-refractivity contribution in [1.29, 1.82) is 0 Å². The summed E-state index contributed by atoms with van der Waals surface area (Å²) in [4.78, 5) is 22.7. The van der Waals surface area contributed by atoms with Gasteiger partial charge in [0.2, 0.25) is 5.91 Å². The lowest BCUT2D eigenvalue weighted by Gasteiger charge is -2.18. The Morgan fingerprint density at radius 2 is 1.90 bits per heavy atom. The largest absolute Gasteiger partial charge is 0.491 e.